The van der Waals surface area contributed by atoms with Crippen molar-refractivity contribution in [2.75, 3.05) is 0 Å². The smallest absolute Gasteiger partial charge is 0.195 e. The fourth-order valence-electron chi connectivity index (χ4n) is 0.962. The molecule has 0 atom stereocenters. The molecule has 0 bridgehead atoms. The zero-order chi connectivity index (χ0) is 11.4. The summed E-state index contributed by atoms with van der Waals surface area (Å²) < 4.78 is 13.3. The third-order valence-corrected chi connectivity index (χ3v) is 2.37. The minimum atomic E-state index is -1.38. The maximum absolute atomic E-state index is 13.0. The lowest BCUT2D eigenvalue weighted by Crippen LogP contribution is -2.11. The van der Waals surface area contributed by atoms with E-state index in [0.29, 0.717) is 0 Å². The summed E-state index contributed by atoms with van der Waals surface area (Å²) in [6.07, 6.45) is 0. The number of carbonyl (C=O) groups is 1. The molecule has 0 aliphatic rings. The number of ketones is 1. The summed E-state index contributed by atoms with van der Waals surface area (Å²) in [5.41, 5.74) is 0.0174. The Labute approximate surface area is 93.9 Å². The third-order valence-electron chi connectivity index (χ3n) is 1.72. The second kappa shape index (κ2) is 4.68. The van der Waals surface area contributed by atoms with Gasteiger partial charge in [-0.05, 0) is 34.1 Å². The van der Waals surface area contributed by atoms with Gasteiger partial charge in [0.05, 0.1) is 16.6 Å². The maximum atomic E-state index is 13.0. The van der Waals surface area contributed by atoms with Crippen LogP contribution >= 0.6 is 15.9 Å². The average molecular weight is 267 g/mol. The van der Waals surface area contributed by atoms with Gasteiger partial charge in [-0.25, -0.2) is 4.39 Å². The zero-order valence-electron chi connectivity index (χ0n) is 7.37. The first-order valence-corrected chi connectivity index (χ1v) is 4.68. The molecule has 0 fully saturated rings. The molecule has 3 nitrogen and oxygen atoms in total. The minimum absolute atomic E-state index is 0.0174. The van der Waals surface area contributed by atoms with Gasteiger partial charge in [0.25, 0.3) is 0 Å². The molecule has 5 heteroatoms. The highest BCUT2D eigenvalue weighted by Crippen LogP contribution is 2.18. The summed E-state index contributed by atoms with van der Waals surface area (Å²) in [5.74, 6) is -2.67. The van der Waals surface area contributed by atoms with E-state index in [1.165, 1.54) is 24.3 Å². The van der Waals surface area contributed by atoms with Crippen molar-refractivity contribution in [3.05, 3.63) is 34.1 Å². The first kappa shape index (κ1) is 11.4. The van der Waals surface area contributed by atoms with Crippen molar-refractivity contribution in [2.24, 2.45) is 5.92 Å². The van der Waals surface area contributed by atoms with E-state index in [2.05, 4.69) is 15.9 Å². The van der Waals surface area contributed by atoms with Crippen LogP contribution in [0.2, 0.25) is 0 Å². The number of rotatable bonds is 2. The number of Topliss-reactive ketones (excluding diaryl/α,β-unsaturated/α-hetero) is 1. The highest BCUT2D eigenvalue weighted by molar-refractivity contribution is 9.10. The zero-order valence-corrected chi connectivity index (χ0v) is 8.95. The van der Waals surface area contributed by atoms with Gasteiger partial charge in [0.1, 0.15) is 5.82 Å². The van der Waals surface area contributed by atoms with Crippen molar-refractivity contribution in [1.82, 2.24) is 0 Å². The number of hydrogen-bond acceptors (Lipinski definition) is 3. The Morgan fingerprint density at radius 1 is 1.40 bits per heavy atom. The van der Waals surface area contributed by atoms with E-state index >= 15 is 0 Å². The fourth-order valence-corrected chi connectivity index (χ4v) is 1.21. The Balaban J connectivity index is 3.09. The monoisotopic (exact) mass is 266 g/mol. The molecule has 0 radical (unpaired) electrons. The molecule has 0 N–H and O–H groups in total. The van der Waals surface area contributed by atoms with Gasteiger partial charge in [-0.15, -0.1) is 0 Å². The van der Waals surface area contributed by atoms with Crippen LogP contribution in [0.1, 0.15) is 10.4 Å². The standard InChI is InChI=1S/C10H4BrFN2O/c11-8-2-1-6(3-9(8)12)10(15)7(4-13)5-14/h1-3,7H. The van der Waals surface area contributed by atoms with Gasteiger partial charge in [-0.1, -0.05) is 0 Å². The van der Waals surface area contributed by atoms with E-state index in [-0.39, 0.29) is 10.0 Å². The Morgan fingerprint density at radius 3 is 2.47 bits per heavy atom. The van der Waals surface area contributed by atoms with E-state index < -0.39 is 17.5 Å². The predicted octanol–water partition coefficient (Wildman–Crippen LogP) is 2.43. The topological polar surface area (TPSA) is 64.7 Å². The van der Waals surface area contributed by atoms with Crippen LogP contribution in [0, 0.1) is 34.4 Å². The Kier molecular flexibility index (Phi) is 3.54. The Bertz CT molecular complexity index is 473. The quantitative estimate of drug-likeness (QED) is 0.773. The molecular formula is C10H4BrFN2O. The van der Waals surface area contributed by atoms with Gasteiger partial charge in [-0.2, -0.15) is 10.5 Å². The van der Waals surface area contributed by atoms with Crippen LogP contribution in [-0.2, 0) is 0 Å². The fraction of sp³-hybridized carbons (Fsp3) is 0.100. The van der Waals surface area contributed by atoms with Crippen molar-refractivity contribution in [2.45, 2.75) is 0 Å². The van der Waals surface area contributed by atoms with Crippen LogP contribution in [0.15, 0.2) is 22.7 Å². The lowest BCUT2D eigenvalue weighted by Gasteiger charge is -2.01. The molecule has 0 aliphatic carbocycles. The molecule has 0 heterocycles. The Hall–Kier alpha value is -1.72. The molecule has 0 unspecified atom stereocenters. The lowest BCUT2D eigenvalue weighted by molar-refractivity contribution is 0.0970. The summed E-state index contributed by atoms with van der Waals surface area (Å²) in [6.45, 7) is 0. The first-order valence-electron chi connectivity index (χ1n) is 3.88. The van der Waals surface area contributed by atoms with E-state index in [4.69, 9.17) is 10.5 Å². The number of carbonyl (C=O) groups excluding carboxylic acids is 1. The number of nitrogens with zero attached hydrogens (tertiary/aromatic N) is 2. The summed E-state index contributed by atoms with van der Waals surface area (Å²) in [4.78, 5) is 11.4. The van der Waals surface area contributed by atoms with Gasteiger partial charge in [0.2, 0.25) is 0 Å². The van der Waals surface area contributed by atoms with Crippen molar-refractivity contribution >= 4 is 21.7 Å². The van der Waals surface area contributed by atoms with Crippen LogP contribution in [0.3, 0.4) is 0 Å². The summed E-state index contributed by atoms with van der Waals surface area (Å²) >= 11 is 2.93. The molecule has 74 valence electrons. The molecular weight excluding hydrogens is 263 g/mol. The summed E-state index contributed by atoms with van der Waals surface area (Å²) in [5, 5.41) is 17.0. The molecule has 0 spiro atoms. The molecule has 0 aromatic heterocycles. The maximum Gasteiger partial charge on any atom is 0.195 e. The normalized spacial score (nSPS) is 9.40. The predicted molar refractivity (Wildman–Crippen MR) is 53.1 cm³/mol. The van der Waals surface area contributed by atoms with Gasteiger partial charge in [0.15, 0.2) is 11.7 Å². The highest BCUT2D eigenvalue weighted by atomic mass is 79.9. The molecule has 0 saturated carbocycles. The molecule has 0 aliphatic heterocycles. The van der Waals surface area contributed by atoms with Crippen molar-refractivity contribution in [3.63, 3.8) is 0 Å². The average Bonchev–Trinajstić information content (AvgIpc) is 2.23. The van der Waals surface area contributed by atoms with Crippen LogP contribution in [-0.4, -0.2) is 5.78 Å². The molecule has 1 aromatic carbocycles. The van der Waals surface area contributed by atoms with Crippen molar-refractivity contribution in [1.29, 1.82) is 10.5 Å². The van der Waals surface area contributed by atoms with Crippen LogP contribution in [0.25, 0.3) is 0 Å². The van der Waals surface area contributed by atoms with Gasteiger partial charge in [0, 0.05) is 5.56 Å². The number of hydrogen-bond donors (Lipinski definition) is 0. The van der Waals surface area contributed by atoms with Gasteiger partial charge >= 0.3 is 0 Å². The molecule has 15 heavy (non-hydrogen) atoms. The lowest BCUT2D eigenvalue weighted by atomic mass is 10.0. The minimum Gasteiger partial charge on any atom is -0.291 e. The number of nitriles is 2. The third kappa shape index (κ3) is 2.39. The summed E-state index contributed by atoms with van der Waals surface area (Å²) in [7, 11) is 0. The highest BCUT2D eigenvalue weighted by Gasteiger charge is 2.19. The van der Waals surface area contributed by atoms with Crippen molar-refractivity contribution in [3.8, 4) is 12.1 Å². The number of halogens is 2. The van der Waals surface area contributed by atoms with Crippen molar-refractivity contribution < 1.29 is 9.18 Å². The largest absolute Gasteiger partial charge is 0.291 e. The van der Waals surface area contributed by atoms with Gasteiger partial charge < -0.3 is 0 Å². The Morgan fingerprint density at radius 2 is 2.00 bits per heavy atom. The van der Waals surface area contributed by atoms with Crippen LogP contribution < -0.4 is 0 Å². The number of benzene rings is 1. The van der Waals surface area contributed by atoms with E-state index in [0.717, 1.165) is 6.07 Å². The SMILES string of the molecule is N#CC(C#N)C(=O)c1ccc(Br)c(F)c1. The van der Waals surface area contributed by atoms with Crippen LogP contribution in [0.5, 0.6) is 0 Å². The first-order chi connectivity index (χ1) is 7.10. The second-order valence-electron chi connectivity index (χ2n) is 2.68. The van der Waals surface area contributed by atoms with E-state index in [1.54, 1.807) is 0 Å². The molecule has 1 rings (SSSR count). The van der Waals surface area contributed by atoms with Gasteiger partial charge in [-0.3, -0.25) is 4.79 Å². The van der Waals surface area contributed by atoms with E-state index in [9.17, 15) is 9.18 Å². The molecule has 1 aromatic rings. The summed E-state index contributed by atoms with van der Waals surface area (Å²) in [6, 6.07) is 6.79. The molecule has 0 amide bonds. The second-order valence-corrected chi connectivity index (χ2v) is 3.54. The molecule has 0 saturated heterocycles. The van der Waals surface area contributed by atoms with E-state index in [1.807, 2.05) is 0 Å². The van der Waals surface area contributed by atoms with Crippen LogP contribution in [0.4, 0.5) is 4.39 Å².